The van der Waals surface area contributed by atoms with Gasteiger partial charge in [0.2, 0.25) is 0 Å². The molecule has 0 radical (unpaired) electrons. The standard InChI is InChI=1S/C27H26N2O4S3/c1-2-3-20(30)24-12-18-6-4-16(10-22(18)35-24)14-28-27(34)29-15-17-5-7-19-13-25(36-23(19)11-17)21(31)8-9-26(32)33/h4-7,10-13H,2-3,8-9,14-15H2,1H3,(H,32,33)(H2,28,29,34). The number of carbonyl (C=O) groups excluding carboxylic acids is 2. The predicted octanol–water partition coefficient (Wildman–Crippen LogP) is 6.31. The van der Waals surface area contributed by atoms with E-state index in [2.05, 4.69) is 16.7 Å². The van der Waals surface area contributed by atoms with Crippen LogP contribution in [0.2, 0.25) is 0 Å². The smallest absolute Gasteiger partial charge is 0.303 e. The summed E-state index contributed by atoms with van der Waals surface area (Å²) in [5.41, 5.74) is 2.12. The Hall–Kier alpha value is -3.14. The summed E-state index contributed by atoms with van der Waals surface area (Å²) in [4.78, 5) is 36.5. The van der Waals surface area contributed by atoms with Crippen LogP contribution in [0.1, 0.15) is 63.1 Å². The molecule has 0 bridgehead atoms. The summed E-state index contributed by atoms with van der Waals surface area (Å²) in [5.74, 6) is -0.916. The molecule has 4 aromatic rings. The summed E-state index contributed by atoms with van der Waals surface area (Å²) in [5, 5.41) is 17.8. The van der Waals surface area contributed by atoms with E-state index in [0.717, 1.165) is 42.6 Å². The number of ketones is 2. The van der Waals surface area contributed by atoms with Gasteiger partial charge in [-0.1, -0.05) is 31.2 Å². The van der Waals surface area contributed by atoms with Crippen LogP contribution in [-0.2, 0) is 17.9 Å². The number of thiophene rings is 2. The quantitative estimate of drug-likeness (QED) is 0.152. The van der Waals surface area contributed by atoms with E-state index < -0.39 is 5.97 Å². The summed E-state index contributed by atoms with van der Waals surface area (Å²) >= 11 is 8.36. The molecule has 2 aromatic heterocycles. The average Bonchev–Trinajstić information content (AvgIpc) is 3.48. The predicted molar refractivity (Wildman–Crippen MR) is 150 cm³/mol. The Labute approximate surface area is 222 Å². The largest absolute Gasteiger partial charge is 0.481 e. The Morgan fingerprint density at radius 2 is 1.28 bits per heavy atom. The zero-order valence-electron chi connectivity index (χ0n) is 19.8. The molecule has 186 valence electrons. The second kappa shape index (κ2) is 11.7. The first-order valence-electron chi connectivity index (χ1n) is 11.7. The Bertz CT molecular complexity index is 1450. The van der Waals surface area contributed by atoms with Gasteiger partial charge in [0.25, 0.3) is 0 Å². The van der Waals surface area contributed by atoms with Crippen LogP contribution in [0.25, 0.3) is 20.2 Å². The number of thiocarbonyl (C=S) groups is 1. The van der Waals surface area contributed by atoms with Gasteiger partial charge in [-0.15, -0.1) is 22.7 Å². The molecule has 2 heterocycles. The molecule has 0 aliphatic heterocycles. The van der Waals surface area contributed by atoms with E-state index >= 15 is 0 Å². The first kappa shape index (κ1) is 25.9. The van der Waals surface area contributed by atoms with Crippen molar-refractivity contribution < 1.29 is 19.5 Å². The van der Waals surface area contributed by atoms with Crippen LogP contribution in [0.3, 0.4) is 0 Å². The molecule has 36 heavy (non-hydrogen) atoms. The summed E-state index contributed by atoms with van der Waals surface area (Å²) in [6, 6.07) is 15.9. The monoisotopic (exact) mass is 538 g/mol. The van der Waals surface area contributed by atoms with E-state index in [0.29, 0.717) is 29.5 Å². The lowest BCUT2D eigenvalue weighted by Crippen LogP contribution is -2.34. The number of aliphatic carboxylic acids is 1. The Morgan fingerprint density at radius 3 is 1.75 bits per heavy atom. The Kier molecular flexibility index (Phi) is 8.45. The molecule has 0 atom stereocenters. The van der Waals surface area contributed by atoms with Crippen molar-refractivity contribution in [2.24, 2.45) is 0 Å². The van der Waals surface area contributed by atoms with E-state index in [1.54, 1.807) is 0 Å². The molecule has 6 nitrogen and oxygen atoms in total. The fourth-order valence-electron chi connectivity index (χ4n) is 3.77. The van der Waals surface area contributed by atoms with Gasteiger partial charge in [-0.2, -0.15) is 0 Å². The first-order valence-corrected chi connectivity index (χ1v) is 13.7. The zero-order chi connectivity index (χ0) is 25.7. The van der Waals surface area contributed by atoms with E-state index in [1.807, 2.05) is 49.4 Å². The van der Waals surface area contributed by atoms with Crippen molar-refractivity contribution >= 4 is 77.7 Å². The van der Waals surface area contributed by atoms with E-state index in [9.17, 15) is 14.4 Å². The third kappa shape index (κ3) is 6.54. The number of carboxylic acids is 1. The molecule has 3 N–H and O–H groups in total. The minimum Gasteiger partial charge on any atom is -0.481 e. The highest BCUT2D eigenvalue weighted by Crippen LogP contribution is 2.29. The van der Waals surface area contributed by atoms with Crippen molar-refractivity contribution in [2.45, 2.75) is 45.7 Å². The van der Waals surface area contributed by atoms with Gasteiger partial charge in [-0.3, -0.25) is 14.4 Å². The second-order valence-corrected chi connectivity index (χ2v) is 11.1. The maximum Gasteiger partial charge on any atom is 0.303 e. The molecular formula is C27H26N2O4S3. The number of Topliss-reactive ketones (excluding diaryl/α,β-unsaturated/α-hetero) is 2. The topological polar surface area (TPSA) is 95.5 Å². The highest BCUT2D eigenvalue weighted by Gasteiger charge is 2.13. The number of hydrogen-bond acceptors (Lipinski definition) is 6. The lowest BCUT2D eigenvalue weighted by atomic mass is 10.1. The first-order chi connectivity index (χ1) is 17.3. The van der Waals surface area contributed by atoms with Gasteiger partial charge in [-0.05, 0) is 64.8 Å². The average molecular weight is 539 g/mol. The van der Waals surface area contributed by atoms with Gasteiger partial charge in [-0.25, -0.2) is 0 Å². The number of carbonyl (C=O) groups is 3. The third-order valence-corrected chi connectivity index (χ3v) is 8.23. The van der Waals surface area contributed by atoms with Crippen molar-refractivity contribution in [1.29, 1.82) is 0 Å². The van der Waals surface area contributed by atoms with Gasteiger partial charge < -0.3 is 15.7 Å². The van der Waals surface area contributed by atoms with Crippen molar-refractivity contribution in [3.8, 4) is 0 Å². The lowest BCUT2D eigenvalue weighted by molar-refractivity contribution is -0.136. The number of benzene rings is 2. The molecule has 0 amide bonds. The van der Waals surface area contributed by atoms with E-state index in [1.165, 1.54) is 22.7 Å². The normalized spacial score (nSPS) is 11.0. The molecule has 0 aliphatic carbocycles. The molecular weight excluding hydrogens is 513 g/mol. The van der Waals surface area contributed by atoms with Gasteiger partial charge in [0.15, 0.2) is 16.7 Å². The van der Waals surface area contributed by atoms with Gasteiger partial charge >= 0.3 is 5.97 Å². The van der Waals surface area contributed by atoms with Crippen LogP contribution in [0.15, 0.2) is 48.5 Å². The summed E-state index contributed by atoms with van der Waals surface area (Å²) in [7, 11) is 0. The Morgan fingerprint density at radius 1 is 0.778 bits per heavy atom. The third-order valence-electron chi connectivity index (χ3n) is 5.67. The molecule has 2 aromatic carbocycles. The molecule has 4 rings (SSSR count). The fourth-order valence-corrected chi connectivity index (χ4v) is 6.10. The van der Waals surface area contributed by atoms with Crippen molar-refractivity contribution in [3.63, 3.8) is 0 Å². The van der Waals surface area contributed by atoms with Crippen LogP contribution < -0.4 is 10.6 Å². The van der Waals surface area contributed by atoms with Gasteiger partial charge in [0.05, 0.1) is 16.2 Å². The number of rotatable bonds is 11. The van der Waals surface area contributed by atoms with Crippen molar-refractivity contribution in [3.05, 3.63) is 69.4 Å². The second-order valence-electron chi connectivity index (χ2n) is 8.49. The van der Waals surface area contributed by atoms with Crippen LogP contribution in [0.5, 0.6) is 0 Å². The Balaban J connectivity index is 1.31. The highest BCUT2D eigenvalue weighted by atomic mass is 32.1. The molecule has 0 saturated carbocycles. The SMILES string of the molecule is CCCC(=O)c1cc2ccc(CNC(=S)NCc3ccc4cc(C(=O)CCC(=O)O)sc4c3)cc2s1. The zero-order valence-corrected chi connectivity index (χ0v) is 22.2. The van der Waals surface area contributed by atoms with Crippen molar-refractivity contribution in [2.75, 3.05) is 0 Å². The summed E-state index contributed by atoms with van der Waals surface area (Å²) in [6.07, 6.45) is 1.28. The fraction of sp³-hybridized carbons (Fsp3) is 0.259. The maximum absolute atomic E-state index is 12.2. The highest BCUT2D eigenvalue weighted by molar-refractivity contribution is 7.80. The van der Waals surface area contributed by atoms with Gasteiger partial charge in [0.1, 0.15) is 0 Å². The van der Waals surface area contributed by atoms with Crippen molar-refractivity contribution in [1.82, 2.24) is 10.6 Å². The molecule has 0 unspecified atom stereocenters. The van der Waals surface area contributed by atoms with Crippen LogP contribution in [-0.4, -0.2) is 27.8 Å². The number of nitrogens with one attached hydrogen (secondary N) is 2. The molecule has 0 aliphatic rings. The molecule has 0 spiro atoms. The molecule has 9 heteroatoms. The lowest BCUT2D eigenvalue weighted by Gasteiger charge is -2.11. The van der Waals surface area contributed by atoms with Crippen LogP contribution in [0, 0.1) is 0 Å². The van der Waals surface area contributed by atoms with E-state index in [-0.39, 0.29) is 24.4 Å². The minimum absolute atomic E-state index is 0.00801. The number of fused-ring (bicyclic) bond motifs is 2. The van der Waals surface area contributed by atoms with E-state index in [4.69, 9.17) is 17.3 Å². The number of carboxylic acid groups (broad SMARTS) is 1. The summed E-state index contributed by atoms with van der Waals surface area (Å²) < 4.78 is 2.07. The minimum atomic E-state index is -0.970. The van der Waals surface area contributed by atoms with Gasteiger partial charge in [0, 0.05) is 35.3 Å². The number of hydrogen-bond donors (Lipinski definition) is 3. The molecule has 0 saturated heterocycles. The summed E-state index contributed by atoms with van der Waals surface area (Å²) in [6.45, 7) is 3.12. The molecule has 0 fully saturated rings. The van der Waals surface area contributed by atoms with Crippen LogP contribution in [0.4, 0.5) is 0 Å². The maximum atomic E-state index is 12.2. The van der Waals surface area contributed by atoms with Crippen LogP contribution >= 0.6 is 34.9 Å².